The van der Waals surface area contributed by atoms with E-state index in [1.807, 2.05) is 7.05 Å². The first-order valence-electron chi connectivity index (χ1n) is 7.77. The van der Waals surface area contributed by atoms with Gasteiger partial charge in [0.05, 0.1) is 13.2 Å². The Hall–Kier alpha value is -0.620. The van der Waals surface area contributed by atoms with Crippen LogP contribution in [0.1, 0.15) is 12.0 Å². The number of nitrogens with one attached hydrogen (secondary N) is 1. The smallest absolute Gasteiger partial charge is 0.0594 e. The van der Waals surface area contributed by atoms with E-state index >= 15 is 0 Å². The van der Waals surface area contributed by atoms with E-state index < -0.39 is 0 Å². The average molecular weight is 354 g/mol. The molecule has 0 spiro atoms. The van der Waals surface area contributed by atoms with Crippen molar-refractivity contribution in [1.29, 1.82) is 0 Å². The fraction of sp³-hybridized carbons (Fsp3) is 0.625. The predicted octanol–water partition coefficient (Wildman–Crippen LogP) is 2.08. The number of ether oxygens (including phenoxy) is 1. The zero-order valence-corrected chi connectivity index (χ0v) is 14.2. The summed E-state index contributed by atoms with van der Waals surface area (Å²) in [5.41, 5.74) is 2.75. The standard InChI is InChI=1S/C16H24BrN3O/c1-18-11-13-10-14(17)2-3-16(13)20-5-4-15(12-20)19-6-8-21-9-7-19/h2-3,10,15,18H,4-9,11-12H2,1H3. The lowest BCUT2D eigenvalue weighted by Gasteiger charge is -2.32. The van der Waals surface area contributed by atoms with Crippen LogP contribution in [0.25, 0.3) is 0 Å². The molecule has 0 aromatic heterocycles. The van der Waals surface area contributed by atoms with E-state index in [0.29, 0.717) is 6.04 Å². The minimum absolute atomic E-state index is 0.681. The predicted molar refractivity (Wildman–Crippen MR) is 89.9 cm³/mol. The zero-order valence-electron chi connectivity index (χ0n) is 12.6. The summed E-state index contributed by atoms with van der Waals surface area (Å²) in [5, 5.41) is 3.28. The first-order valence-corrected chi connectivity index (χ1v) is 8.57. The van der Waals surface area contributed by atoms with E-state index in [1.54, 1.807) is 0 Å². The van der Waals surface area contributed by atoms with Crippen LogP contribution in [0.4, 0.5) is 5.69 Å². The second-order valence-electron chi connectivity index (χ2n) is 5.84. The molecule has 1 N–H and O–H groups in total. The number of anilines is 1. The summed E-state index contributed by atoms with van der Waals surface area (Å²) in [7, 11) is 2.01. The Labute approximate surface area is 135 Å². The van der Waals surface area contributed by atoms with Gasteiger partial charge in [-0.2, -0.15) is 0 Å². The maximum Gasteiger partial charge on any atom is 0.0594 e. The Kier molecular flexibility index (Phi) is 5.16. The van der Waals surface area contributed by atoms with Gasteiger partial charge in [0, 0.05) is 48.9 Å². The Bertz CT molecular complexity index is 477. The van der Waals surface area contributed by atoms with Crippen molar-refractivity contribution in [3.05, 3.63) is 28.2 Å². The van der Waals surface area contributed by atoms with E-state index in [9.17, 15) is 0 Å². The molecule has 1 unspecified atom stereocenters. The van der Waals surface area contributed by atoms with Crippen molar-refractivity contribution in [2.45, 2.75) is 19.0 Å². The highest BCUT2D eigenvalue weighted by atomic mass is 79.9. The highest BCUT2D eigenvalue weighted by Crippen LogP contribution is 2.29. The van der Waals surface area contributed by atoms with E-state index in [4.69, 9.17) is 4.74 Å². The van der Waals surface area contributed by atoms with Gasteiger partial charge in [0.15, 0.2) is 0 Å². The second kappa shape index (κ2) is 7.09. The summed E-state index contributed by atoms with van der Waals surface area (Å²) in [4.78, 5) is 5.14. The molecule has 0 aliphatic carbocycles. The molecule has 4 nitrogen and oxygen atoms in total. The maximum absolute atomic E-state index is 5.47. The molecule has 2 aliphatic heterocycles. The van der Waals surface area contributed by atoms with Crippen LogP contribution in [0.15, 0.2) is 22.7 Å². The van der Waals surface area contributed by atoms with Gasteiger partial charge in [0.25, 0.3) is 0 Å². The maximum atomic E-state index is 5.47. The van der Waals surface area contributed by atoms with Crippen LogP contribution in [0.3, 0.4) is 0 Å². The molecule has 5 heteroatoms. The molecule has 1 aromatic carbocycles. The summed E-state index contributed by atoms with van der Waals surface area (Å²) in [6, 6.07) is 7.31. The highest BCUT2D eigenvalue weighted by Gasteiger charge is 2.29. The van der Waals surface area contributed by atoms with E-state index in [1.165, 1.54) is 17.7 Å². The molecule has 1 atom stereocenters. The molecule has 2 aliphatic rings. The molecule has 2 heterocycles. The lowest BCUT2D eigenvalue weighted by Crippen LogP contribution is -2.44. The summed E-state index contributed by atoms with van der Waals surface area (Å²) in [5.74, 6) is 0. The molecular weight excluding hydrogens is 330 g/mol. The van der Waals surface area contributed by atoms with Crippen molar-refractivity contribution < 1.29 is 4.74 Å². The first-order chi connectivity index (χ1) is 10.3. The van der Waals surface area contributed by atoms with Crippen LogP contribution in [-0.2, 0) is 11.3 Å². The van der Waals surface area contributed by atoms with Crippen molar-refractivity contribution in [2.75, 3.05) is 51.3 Å². The van der Waals surface area contributed by atoms with Gasteiger partial charge in [-0.3, -0.25) is 4.90 Å². The van der Waals surface area contributed by atoms with Gasteiger partial charge >= 0.3 is 0 Å². The Morgan fingerprint density at radius 1 is 1.29 bits per heavy atom. The first kappa shape index (κ1) is 15.3. The van der Waals surface area contributed by atoms with Crippen LogP contribution in [0, 0.1) is 0 Å². The SMILES string of the molecule is CNCc1cc(Br)ccc1N1CCC(N2CCOCC2)C1. The minimum Gasteiger partial charge on any atom is -0.379 e. The molecule has 21 heavy (non-hydrogen) atoms. The minimum atomic E-state index is 0.681. The van der Waals surface area contributed by atoms with Gasteiger partial charge < -0.3 is 15.0 Å². The molecule has 1 aromatic rings. The van der Waals surface area contributed by atoms with Crippen LogP contribution in [0.2, 0.25) is 0 Å². The fourth-order valence-corrected chi connectivity index (χ4v) is 3.80. The third-order valence-electron chi connectivity index (χ3n) is 4.47. The number of hydrogen-bond donors (Lipinski definition) is 1. The number of morpholine rings is 1. The quantitative estimate of drug-likeness (QED) is 0.896. The van der Waals surface area contributed by atoms with E-state index in [2.05, 4.69) is 49.2 Å². The summed E-state index contributed by atoms with van der Waals surface area (Å²) in [6.45, 7) is 7.15. The largest absolute Gasteiger partial charge is 0.379 e. The summed E-state index contributed by atoms with van der Waals surface area (Å²) < 4.78 is 6.62. The number of nitrogens with zero attached hydrogens (tertiary/aromatic N) is 2. The molecule has 0 saturated carbocycles. The summed E-state index contributed by atoms with van der Waals surface area (Å²) >= 11 is 3.58. The Morgan fingerprint density at radius 3 is 2.86 bits per heavy atom. The van der Waals surface area contributed by atoms with Gasteiger partial charge in [0.1, 0.15) is 0 Å². The van der Waals surface area contributed by atoms with Gasteiger partial charge in [-0.05, 0) is 37.2 Å². The molecule has 2 fully saturated rings. The Morgan fingerprint density at radius 2 is 2.10 bits per heavy atom. The van der Waals surface area contributed by atoms with Crippen LogP contribution >= 0.6 is 15.9 Å². The van der Waals surface area contributed by atoms with Crippen molar-refractivity contribution in [1.82, 2.24) is 10.2 Å². The average Bonchev–Trinajstić information content (AvgIpc) is 2.98. The number of benzene rings is 1. The van der Waals surface area contributed by atoms with Crippen LogP contribution in [0.5, 0.6) is 0 Å². The van der Waals surface area contributed by atoms with Crippen molar-refractivity contribution in [3.8, 4) is 0 Å². The van der Waals surface area contributed by atoms with Gasteiger partial charge in [-0.1, -0.05) is 15.9 Å². The third kappa shape index (κ3) is 3.59. The second-order valence-corrected chi connectivity index (χ2v) is 6.76. The van der Waals surface area contributed by atoms with Crippen LogP contribution < -0.4 is 10.2 Å². The number of hydrogen-bond acceptors (Lipinski definition) is 4. The molecular formula is C16H24BrN3O. The molecule has 0 amide bonds. The fourth-order valence-electron chi connectivity index (χ4n) is 3.40. The number of halogens is 1. The van der Waals surface area contributed by atoms with Crippen LogP contribution in [-0.4, -0.2) is 57.4 Å². The van der Waals surface area contributed by atoms with Crippen molar-refractivity contribution in [3.63, 3.8) is 0 Å². The normalized spacial score (nSPS) is 23.7. The van der Waals surface area contributed by atoms with Crippen molar-refractivity contribution >= 4 is 21.6 Å². The van der Waals surface area contributed by atoms with Crippen molar-refractivity contribution in [2.24, 2.45) is 0 Å². The lowest BCUT2D eigenvalue weighted by molar-refractivity contribution is 0.0209. The monoisotopic (exact) mass is 353 g/mol. The van der Waals surface area contributed by atoms with Gasteiger partial charge in [-0.15, -0.1) is 0 Å². The zero-order chi connectivity index (χ0) is 14.7. The lowest BCUT2D eigenvalue weighted by atomic mass is 10.1. The Balaban J connectivity index is 1.70. The highest BCUT2D eigenvalue weighted by molar-refractivity contribution is 9.10. The van der Waals surface area contributed by atoms with E-state index in [-0.39, 0.29) is 0 Å². The molecule has 2 saturated heterocycles. The van der Waals surface area contributed by atoms with Gasteiger partial charge in [0.2, 0.25) is 0 Å². The summed E-state index contributed by atoms with van der Waals surface area (Å²) in [6.07, 6.45) is 1.26. The van der Waals surface area contributed by atoms with E-state index in [0.717, 1.165) is 50.4 Å². The van der Waals surface area contributed by atoms with Gasteiger partial charge in [-0.25, -0.2) is 0 Å². The topological polar surface area (TPSA) is 27.7 Å². The molecule has 0 bridgehead atoms. The molecule has 0 radical (unpaired) electrons. The third-order valence-corrected chi connectivity index (χ3v) is 4.97. The molecule has 3 rings (SSSR count). The number of rotatable bonds is 4. The molecule has 116 valence electrons.